The third kappa shape index (κ3) is 2.16. The second-order valence-corrected chi connectivity index (χ2v) is 5.72. The number of rotatable bonds is 3. The van der Waals surface area contributed by atoms with Crippen molar-refractivity contribution in [3.8, 4) is 0 Å². The Morgan fingerprint density at radius 3 is 2.79 bits per heavy atom. The lowest BCUT2D eigenvalue weighted by atomic mass is 9.64. The molecular weight excluding hydrogens is 240 g/mol. The number of ether oxygens (including phenoxy) is 1. The van der Waals surface area contributed by atoms with Crippen LogP contribution < -0.4 is 0 Å². The number of carbonyl (C=O) groups is 1. The summed E-state index contributed by atoms with van der Waals surface area (Å²) in [5.74, 6) is -0.339. The fraction of sp³-hybridized carbons (Fsp3) is 0.562. The van der Waals surface area contributed by atoms with Crippen LogP contribution in [-0.2, 0) is 21.6 Å². The van der Waals surface area contributed by atoms with Crippen LogP contribution in [0.3, 0.4) is 0 Å². The van der Waals surface area contributed by atoms with E-state index in [-0.39, 0.29) is 5.97 Å². The quantitative estimate of drug-likeness (QED) is 0.852. The lowest BCUT2D eigenvalue weighted by molar-refractivity contribution is -0.174. The van der Waals surface area contributed by atoms with Gasteiger partial charge in [0.1, 0.15) is 5.60 Å². The largest absolute Gasteiger partial charge is 0.465 e. The van der Waals surface area contributed by atoms with Crippen molar-refractivity contribution in [1.82, 2.24) is 0 Å². The van der Waals surface area contributed by atoms with Gasteiger partial charge in [-0.15, -0.1) is 0 Å². The van der Waals surface area contributed by atoms with E-state index < -0.39 is 11.0 Å². The molecule has 0 saturated carbocycles. The number of benzene rings is 1. The highest BCUT2D eigenvalue weighted by Crippen LogP contribution is 2.48. The van der Waals surface area contributed by atoms with Crippen molar-refractivity contribution in [3.63, 3.8) is 0 Å². The van der Waals surface area contributed by atoms with E-state index in [0.29, 0.717) is 13.0 Å². The van der Waals surface area contributed by atoms with Crippen LogP contribution in [0.25, 0.3) is 0 Å². The number of aliphatic hydroxyl groups is 1. The number of esters is 1. The molecule has 1 aromatic rings. The van der Waals surface area contributed by atoms with Crippen LogP contribution >= 0.6 is 0 Å². The highest BCUT2D eigenvalue weighted by Gasteiger charge is 2.52. The van der Waals surface area contributed by atoms with Gasteiger partial charge in [-0.3, -0.25) is 4.79 Å². The fourth-order valence-electron chi connectivity index (χ4n) is 2.94. The first-order valence-electron chi connectivity index (χ1n) is 6.91. The molecule has 0 heterocycles. The molecule has 0 aliphatic heterocycles. The van der Waals surface area contributed by atoms with E-state index in [1.807, 2.05) is 24.3 Å². The van der Waals surface area contributed by atoms with E-state index in [1.165, 1.54) is 0 Å². The maximum Gasteiger partial charge on any atom is 0.314 e. The number of aryl methyl sites for hydroxylation is 1. The Bertz CT molecular complexity index is 479. The average molecular weight is 262 g/mol. The Morgan fingerprint density at radius 1 is 1.42 bits per heavy atom. The average Bonchev–Trinajstić information content (AvgIpc) is 2.39. The highest BCUT2D eigenvalue weighted by atomic mass is 16.5. The van der Waals surface area contributed by atoms with E-state index in [2.05, 4.69) is 0 Å². The van der Waals surface area contributed by atoms with Crippen molar-refractivity contribution in [2.24, 2.45) is 5.41 Å². The summed E-state index contributed by atoms with van der Waals surface area (Å²) in [6.45, 7) is 5.66. The van der Waals surface area contributed by atoms with E-state index >= 15 is 0 Å². The van der Waals surface area contributed by atoms with Crippen molar-refractivity contribution < 1.29 is 14.6 Å². The molecule has 0 amide bonds. The van der Waals surface area contributed by atoms with Gasteiger partial charge in [0.2, 0.25) is 0 Å². The second kappa shape index (κ2) is 4.97. The van der Waals surface area contributed by atoms with Crippen molar-refractivity contribution in [2.45, 2.75) is 45.6 Å². The van der Waals surface area contributed by atoms with Crippen LogP contribution in [0.15, 0.2) is 24.3 Å². The molecule has 2 rings (SSSR count). The molecule has 0 spiro atoms. The maximum atomic E-state index is 12.2. The SMILES string of the molecule is CCOC(=O)C(C)(C)C1(O)CCCc2ccccc21. The highest BCUT2D eigenvalue weighted by molar-refractivity contribution is 5.78. The zero-order valence-corrected chi connectivity index (χ0v) is 11.9. The summed E-state index contributed by atoms with van der Waals surface area (Å²) in [7, 11) is 0. The molecule has 1 N–H and O–H groups in total. The number of hydrogen-bond acceptors (Lipinski definition) is 3. The Kier molecular flexibility index (Phi) is 3.68. The van der Waals surface area contributed by atoms with Gasteiger partial charge in [-0.2, -0.15) is 0 Å². The van der Waals surface area contributed by atoms with Gasteiger partial charge in [-0.05, 0) is 51.2 Å². The Hall–Kier alpha value is -1.35. The summed E-state index contributed by atoms with van der Waals surface area (Å²) < 4.78 is 5.14. The first kappa shape index (κ1) is 14.1. The molecule has 1 unspecified atom stereocenters. The van der Waals surface area contributed by atoms with E-state index in [0.717, 1.165) is 24.0 Å². The zero-order valence-electron chi connectivity index (χ0n) is 11.9. The van der Waals surface area contributed by atoms with Gasteiger partial charge in [0.15, 0.2) is 0 Å². The summed E-state index contributed by atoms with van der Waals surface area (Å²) >= 11 is 0. The smallest absolute Gasteiger partial charge is 0.314 e. The minimum atomic E-state index is -1.14. The standard InChI is InChI=1S/C16H22O3/c1-4-19-14(17)15(2,3)16(18)11-7-9-12-8-5-6-10-13(12)16/h5-6,8,10,18H,4,7,9,11H2,1-3H3. The first-order chi connectivity index (χ1) is 8.93. The molecule has 0 saturated heterocycles. The predicted octanol–water partition coefficient (Wildman–Crippen LogP) is 2.80. The predicted molar refractivity (Wildman–Crippen MR) is 73.7 cm³/mol. The minimum absolute atomic E-state index is 0.333. The van der Waals surface area contributed by atoms with E-state index in [1.54, 1.807) is 20.8 Å². The first-order valence-corrected chi connectivity index (χ1v) is 6.91. The van der Waals surface area contributed by atoms with Gasteiger partial charge in [0.25, 0.3) is 0 Å². The molecule has 1 aliphatic rings. The van der Waals surface area contributed by atoms with E-state index in [4.69, 9.17) is 4.74 Å². The number of carbonyl (C=O) groups excluding carboxylic acids is 1. The molecule has 0 aromatic heterocycles. The van der Waals surface area contributed by atoms with E-state index in [9.17, 15) is 9.90 Å². The lowest BCUT2D eigenvalue weighted by Crippen LogP contribution is -2.49. The summed E-state index contributed by atoms with van der Waals surface area (Å²) in [4.78, 5) is 12.2. The molecule has 0 fully saturated rings. The van der Waals surface area contributed by atoms with Gasteiger partial charge in [0.05, 0.1) is 12.0 Å². The van der Waals surface area contributed by atoms with Crippen molar-refractivity contribution in [1.29, 1.82) is 0 Å². The Labute approximate surface area is 114 Å². The zero-order chi connectivity index (χ0) is 14.1. The molecule has 1 atom stereocenters. The fourth-order valence-corrected chi connectivity index (χ4v) is 2.94. The molecule has 1 aromatic carbocycles. The van der Waals surface area contributed by atoms with Crippen LogP contribution in [-0.4, -0.2) is 17.7 Å². The van der Waals surface area contributed by atoms with Gasteiger partial charge in [-0.1, -0.05) is 24.3 Å². The van der Waals surface area contributed by atoms with Crippen molar-refractivity contribution in [2.75, 3.05) is 6.61 Å². The molecular formula is C16H22O3. The van der Waals surface area contributed by atoms with Crippen LogP contribution in [0.1, 0.15) is 44.7 Å². The number of fused-ring (bicyclic) bond motifs is 1. The van der Waals surface area contributed by atoms with Crippen LogP contribution in [0.5, 0.6) is 0 Å². The third-order valence-corrected chi connectivity index (χ3v) is 4.27. The van der Waals surface area contributed by atoms with Gasteiger partial charge in [-0.25, -0.2) is 0 Å². The van der Waals surface area contributed by atoms with Gasteiger partial charge in [0, 0.05) is 0 Å². The molecule has 3 heteroatoms. The minimum Gasteiger partial charge on any atom is -0.465 e. The Morgan fingerprint density at radius 2 is 2.11 bits per heavy atom. The van der Waals surface area contributed by atoms with Crippen LogP contribution in [0.4, 0.5) is 0 Å². The van der Waals surface area contributed by atoms with Crippen LogP contribution in [0, 0.1) is 5.41 Å². The topological polar surface area (TPSA) is 46.5 Å². The molecule has 104 valence electrons. The third-order valence-electron chi connectivity index (χ3n) is 4.27. The molecule has 1 aliphatic carbocycles. The van der Waals surface area contributed by atoms with Crippen molar-refractivity contribution >= 4 is 5.97 Å². The van der Waals surface area contributed by atoms with Crippen LogP contribution in [0.2, 0.25) is 0 Å². The summed E-state index contributed by atoms with van der Waals surface area (Å²) in [5.41, 5.74) is -0.0823. The molecule has 19 heavy (non-hydrogen) atoms. The molecule has 0 radical (unpaired) electrons. The maximum absolute atomic E-state index is 12.2. The normalized spacial score (nSPS) is 22.7. The van der Waals surface area contributed by atoms with Gasteiger partial charge >= 0.3 is 5.97 Å². The second-order valence-electron chi connectivity index (χ2n) is 5.72. The summed E-state index contributed by atoms with van der Waals surface area (Å²) in [6, 6.07) is 7.84. The van der Waals surface area contributed by atoms with Crippen molar-refractivity contribution in [3.05, 3.63) is 35.4 Å². The lowest BCUT2D eigenvalue weighted by Gasteiger charge is -2.44. The molecule has 3 nitrogen and oxygen atoms in total. The summed E-state index contributed by atoms with van der Waals surface area (Å²) in [5, 5.41) is 11.1. The number of hydrogen-bond donors (Lipinski definition) is 1. The summed E-state index contributed by atoms with van der Waals surface area (Å²) in [6.07, 6.45) is 2.43. The van der Waals surface area contributed by atoms with Gasteiger partial charge < -0.3 is 9.84 Å². The molecule has 0 bridgehead atoms. The monoisotopic (exact) mass is 262 g/mol. The Balaban J connectivity index is 2.46.